The lowest BCUT2D eigenvalue weighted by Gasteiger charge is -2.31. The number of ether oxygens (including phenoxy) is 1. The van der Waals surface area contributed by atoms with Gasteiger partial charge >= 0.3 is 0 Å². The number of nitrogens with zero attached hydrogens (tertiary/aromatic N) is 3. The van der Waals surface area contributed by atoms with Crippen LogP contribution in [0, 0.1) is 0 Å². The highest BCUT2D eigenvalue weighted by Crippen LogP contribution is 2.45. The zero-order valence-corrected chi connectivity index (χ0v) is 11.2. The Morgan fingerprint density at radius 3 is 3.05 bits per heavy atom. The van der Waals surface area contributed by atoms with E-state index >= 15 is 0 Å². The maximum atomic E-state index is 12.5. The molecule has 0 bridgehead atoms. The highest BCUT2D eigenvalue weighted by atomic mass is 16.5. The Labute approximate surface area is 119 Å². The molecule has 1 aromatic heterocycles. The first-order valence-electron chi connectivity index (χ1n) is 6.92. The second-order valence-corrected chi connectivity index (χ2v) is 5.50. The van der Waals surface area contributed by atoms with Crippen molar-refractivity contribution in [3.05, 3.63) is 28.4 Å². The standard InChI is InChI=1S/C13H14N4O4/c18-10-7-14-8(6-15-10)12(20)16-2-1-13-9(16)5-11(19)17(13)3-4-21-13/h6-7,9H,1-5H2,(H,15,18)/t9-,13+/m1/s1. The van der Waals surface area contributed by atoms with E-state index in [1.54, 1.807) is 9.80 Å². The van der Waals surface area contributed by atoms with Crippen molar-refractivity contribution in [1.29, 1.82) is 0 Å². The highest BCUT2D eigenvalue weighted by molar-refractivity contribution is 5.94. The van der Waals surface area contributed by atoms with Gasteiger partial charge < -0.3 is 19.5 Å². The Morgan fingerprint density at radius 1 is 1.43 bits per heavy atom. The summed E-state index contributed by atoms with van der Waals surface area (Å²) in [6, 6.07) is -0.270. The van der Waals surface area contributed by atoms with Crippen LogP contribution in [-0.4, -0.2) is 63.0 Å². The first-order valence-corrected chi connectivity index (χ1v) is 6.92. The summed E-state index contributed by atoms with van der Waals surface area (Å²) in [7, 11) is 0. The first kappa shape index (κ1) is 12.5. The maximum absolute atomic E-state index is 12.5. The summed E-state index contributed by atoms with van der Waals surface area (Å²) in [4.78, 5) is 45.3. The molecule has 0 unspecified atom stereocenters. The SMILES string of the molecule is O=C(c1c[nH]c(=O)cn1)N1CC[C@@]23OCCN2C(=O)C[C@@H]13. The van der Waals surface area contributed by atoms with E-state index in [1.807, 2.05) is 0 Å². The van der Waals surface area contributed by atoms with Gasteiger partial charge in [-0.05, 0) is 0 Å². The average Bonchev–Trinajstić information content (AvgIpc) is 3.11. The third-order valence-electron chi connectivity index (χ3n) is 4.55. The molecular formula is C13H14N4O4. The predicted octanol–water partition coefficient (Wildman–Crippen LogP) is -1.06. The minimum absolute atomic E-state index is 0.0319. The van der Waals surface area contributed by atoms with Crippen molar-refractivity contribution < 1.29 is 14.3 Å². The van der Waals surface area contributed by atoms with Gasteiger partial charge in [0, 0.05) is 25.7 Å². The molecular weight excluding hydrogens is 276 g/mol. The number of H-pyrrole nitrogens is 1. The number of hydrogen-bond donors (Lipinski definition) is 1. The van der Waals surface area contributed by atoms with E-state index in [4.69, 9.17) is 4.74 Å². The summed E-state index contributed by atoms with van der Waals surface area (Å²) in [6.07, 6.45) is 3.30. The van der Waals surface area contributed by atoms with Crippen LogP contribution in [0.3, 0.4) is 0 Å². The molecule has 4 heterocycles. The molecule has 3 aliphatic rings. The molecule has 1 aromatic rings. The molecule has 0 aliphatic carbocycles. The molecule has 3 aliphatic heterocycles. The normalized spacial score (nSPS) is 30.7. The molecule has 2 amide bonds. The summed E-state index contributed by atoms with van der Waals surface area (Å²) < 4.78 is 5.83. The second-order valence-electron chi connectivity index (χ2n) is 5.50. The molecule has 110 valence electrons. The van der Waals surface area contributed by atoms with Crippen molar-refractivity contribution in [1.82, 2.24) is 19.8 Å². The van der Waals surface area contributed by atoms with Crippen LogP contribution in [0.25, 0.3) is 0 Å². The van der Waals surface area contributed by atoms with Gasteiger partial charge in [-0.1, -0.05) is 0 Å². The molecule has 8 heteroatoms. The lowest BCUT2D eigenvalue weighted by atomic mass is 10.1. The van der Waals surface area contributed by atoms with Crippen molar-refractivity contribution in [2.75, 3.05) is 19.7 Å². The largest absolute Gasteiger partial charge is 0.351 e. The Morgan fingerprint density at radius 2 is 2.29 bits per heavy atom. The monoisotopic (exact) mass is 290 g/mol. The van der Waals surface area contributed by atoms with Crippen LogP contribution in [-0.2, 0) is 9.53 Å². The van der Waals surface area contributed by atoms with Crippen molar-refractivity contribution >= 4 is 11.8 Å². The Bertz CT molecular complexity index is 666. The van der Waals surface area contributed by atoms with Gasteiger partial charge in [0.25, 0.3) is 11.5 Å². The summed E-state index contributed by atoms with van der Waals surface area (Å²) in [6.45, 7) is 1.63. The molecule has 0 saturated carbocycles. The van der Waals surface area contributed by atoms with E-state index in [9.17, 15) is 14.4 Å². The minimum Gasteiger partial charge on any atom is -0.351 e. The number of likely N-dealkylation sites (tertiary alicyclic amines) is 1. The molecule has 1 N–H and O–H groups in total. The first-order chi connectivity index (χ1) is 10.1. The number of carbonyl (C=O) groups is 2. The van der Waals surface area contributed by atoms with Crippen LogP contribution >= 0.6 is 0 Å². The number of carbonyl (C=O) groups excluding carboxylic acids is 2. The summed E-state index contributed by atoms with van der Waals surface area (Å²) in [5, 5.41) is 0. The van der Waals surface area contributed by atoms with Crippen LogP contribution in [0.2, 0.25) is 0 Å². The van der Waals surface area contributed by atoms with Crippen LogP contribution in [0.1, 0.15) is 23.3 Å². The van der Waals surface area contributed by atoms with E-state index in [-0.39, 0.29) is 35.5 Å². The van der Waals surface area contributed by atoms with Crippen LogP contribution in [0.4, 0.5) is 0 Å². The van der Waals surface area contributed by atoms with Crippen molar-refractivity contribution in [3.8, 4) is 0 Å². The number of rotatable bonds is 1. The minimum atomic E-state index is -0.644. The number of amides is 2. The van der Waals surface area contributed by atoms with Crippen LogP contribution < -0.4 is 5.56 Å². The summed E-state index contributed by atoms with van der Waals surface area (Å²) in [5.41, 5.74) is -0.823. The van der Waals surface area contributed by atoms with Crippen molar-refractivity contribution in [3.63, 3.8) is 0 Å². The number of aromatic amines is 1. The summed E-state index contributed by atoms with van der Waals surface area (Å²) >= 11 is 0. The third kappa shape index (κ3) is 1.59. The lowest BCUT2D eigenvalue weighted by molar-refractivity contribution is -0.136. The molecule has 4 rings (SSSR count). The van der Waals surface area contributed by atoms with Gasteiger partial charge in [0.1, 0.15) is 5.69 Å². The lowest BCUT2D eigenvalue weighted by Crippen LogP contribution is -2.48. The van der Waals surface area contributed by atoms with E-state index < -0.39 is 5.72 Å². The second kappa shape index (κ2) is 4.14. The van der Waals surface area contributed by atoms with E-state index in [0.717, 1.165) is 6.20 Å². The molecule has 3 saturated heterocycles. The van der Waals surface area contributed by atoms with Gasteiger partial charge in [-0.3, -0.25) is 14.4 Å². The van der Waals surface area contributed by atoms with Gasteiger partial charge in [0.2, 0.25) is 5.91 Å². The molecule has 0 aromatic carbocycles. The number of hydrogen-bond acceptors (Lipinski definition) is 5. The van der Waals surface area contributed by atoms with E-state index in [0.29, 0.717) is 26.1 Å². The number of aromatic nitrogens is 2. The molecule has 21 heavy (non-hydrogen) atoms. The van der Waals surface area contributed by atoms with Gasteiger partial charge in [0.05, 0.1) is 25.3 Å². The fourth-order valence-electron chi connectivity index (χ4n) is 3.64. The van der Waals surface area contributed by atoms with Crippen LogP contribution in [0.5, 0.6) is 0 Å². The number of nitrogens with one attached hydrogen (secondary N) is 1. The van der Waals surface area contributed by atoms with Crippen LogP contribution in [0.15, 0.2) is 17.2 Å². The van der Waals surface area contributed by atoms with Gasteiger partial charge in [0.15, 0.2) is 5.72 Å². The fraction of sp³-hybridized carbons (Fsp3) is 0.538. The topological polar surface area (TPSA) is 95.6 Å². The quantitative estimate of drug-likeness (QED) is 0.711. The highest BCUT2D eigenvalue weighted by Gasteiger charge is 2.62. The van der Waals surface area contributed by atoms with Gasteiger partial charge in [-0.25, -0.2) is 4.98 Å². The Hall–Kier alpha value is -2.22. The van der Waals surface area contributed by atoms with Crippen molar-refractivity contribution in [2.24, 2.45) is 0 Å². The third-order valence-corrected chi connectivity index (χ3v) is 4.55. The van der Waals surface area contributed by atoms with E-state index in [2.05, 4.69) is 9.97 Å². The molecule has 1 spiro atoms. The molecule has 3 fully saturated rings. The van der Waals surface area contributed by atoms with Gasteiger partial charge in [-0.2, -0.15) is 0 Å². The van der Waals surface area contributed by atoms with Crippen molar-refractivity contribution in [2.45, 2.75) is 24.6 Å². The molecule has 0 radical (unpaired) electrons. The predicted molar refractivity (Wildman–Crippen MR) is 69.3 cm³/mol. The Kier molecular flexibility index (Phi) is 2.47. The zero-order chi connectivity index (χ0) is 14.6. The smallest absolute Gasteiger partial charge is 0.274 e. The van der Waals surface area contributed by atoms with Gasteiger partial charge in [-0.15, -0.1) is 0 Å². The zero-order valence-electron chi connectivity index (χ0n) is 11.2. The Balaban J connectivity index is 1.65. The van der Waals surface area contributed by atoms with E-state index in [1.165, 1.54) is 6.20 Å². The summed E-state index contributed by atoms with van der Waals surface area (Å²) in [5.74, 6) is -0.247. The maximum Gasteiger partial charge on any atom is 0.274 e. The molecule has 8 nitrogen and oxygen atoms in total. The molecule has 2 atom stereocenters. The fourth-order valence-corrected chi connectivity index (χ4v) is 3.64. The average molecular weight is 290 g/mol.